The molecule has 0 saturated carbocycles. The third kappa shape index (κ3) is 8.41. The van der Waals surface area contributed by atoms with Crippen LogP contribution in [0.25, 0.3) is 0 Å². The molecule has 0 radical (unpaired) electrons. The quantitative estimate of drug-likeness (QED) is 0.214. The van der Waals surface area contributed by atoms with Crippen molar-refractivity contribution in [3.05, 3.63) is 59.4 Å². The van der Waals surface area contributed by atoms with E-state index < -0.39 is 10.0 Å². The predicted molar refractivity (Wildman–Crippen MR) is 119 cm³/mol. The number of pyridine rings is 1. The molecule has 0 atom stereocenters. The van der Waals surface area contributed by atoms with E-state index in [9.17, 15) is 8.42 Å². The van der Waals surface area contributed by atoms with Crippen LogP contribution >= 0.6 is 35.6 Å². The Morgan fingerprint density at radius 3 is 2.52 bits per heavy atom. The highest BCUT2D eigenvalue weighted by Crippen LogP contribution is 2.10. The monoisotopic (exact) mass is 523 g/mol. The van der Waals surface area contributed by atoms with Gasteiger partial charge in [0.15, 0.2) is 5.96 Å². The van der Waals surface area contributed by atoms with E-state index in [0.29, 0.717) is 30.6 Å². The minimum Gasteiger partial charge on any atom is -0.357 e. The summed E-state index contributed by atoms with van der Waals surface area (Å²) in [7, 11) is -3.56. The lowest BCUT2D eigenvalue weighted by Crippen LogP contribution is -2.41. The lowest BCUT2D eigenvalue weighted by atomic mass is 10.2. The lowest BCUT2D eigenvalue weighted by Gasteiger charge is -2.12. The van der Waals surface area contributed by atoms with E-state index in [4.69, 9.17) is 11.6 Å². The molecular formula is C17H23ClIN5O2S. The van der Waals surface area contributed by atoms with Crippen LogP contribution in [0.4, 0.5) is 0 Å². The molecule has 7 nitrogen and oxygen atoms in total. The van der Waals surface area contributed by atoms with Crippen molar-refractivity contribution >= 4 is 51.6 Å². The van der Waals surface area contributed by atoms with E-state index in [1.165, 1.54) is 18.5 Å². The number of nitrogens with one attached hydrogen (secondary N) is 3. The molecule has 0 aliphatic heterocycles. The number of hydrogen-bond acceptors (Lipinski definition) is 4. The molecule has 1 aromatic carbocycles. The summed E-state index contributed by atoms with van der Waals surface area (Å²) in [5, 5.41) is 6.90. The zero-order valence-corrected chi connectivity index (χ0v) is 18.8. The average molecular weight is 524 g/mol. The summed E-state index contributed by atoms with van der Waals surface area (Å²) in [6.07, 6.45) is 2.84. The maximum absolute atomic E-state index is 12.1. The molecule has 1 heterocycles. The van der Waals surface area contributed by atoms with Crippen molar-refractivity contribution in [3.63, 3.8) is 0 Å². The molecule has 1 aromatic heterocycles. The molecule has 2 rings (SSSR count). The highest BCUT2D eigenvalue weighted by Gasteiger charge is 2.12. The first kappa shape index (κ1) is 23.6. The SMILES string of the molecule is CCNC(=NCc1ccc(Cl)cc1)NCCNS(=O)(=O)c1cccnc1.I. The van der Waals surface area contributed by atoms with Gasteiger partial charge >= 0.3 is 0 Å². The Kier molecular flexibility index (Phi) is 10.6. The molecule has 27 heavy (non-hydrogen) atoms. The molecule has 2 aromatic rings. The average Bonchev–Trinajstić information content (AvgIpc) is 2.65. The van der Waals surface area contributed by atoms with E-state index in [1.54, 1.807) is 6.07 Å². The number of aromatic nitrogens is 1. The summed E-state index contributed by atoms with van der Waals surface area (Å²) in [4.78, 5) is 8.43. The second kappa shape index (κ2) is 12.1. The highest BCUT2D eigenvalue weighted by atomic mass is 127. The predicted octanol–water partition coefficient (Wildman–Crippen LogP) is 2.39. The van der Waals surface area contributed by atoms with Crippen LogP contribution in [-0.4, -0.2) is 39.0 Å². The first-order valence-corrected chi connectivity index (χ1v) is 10.0. The van der Waals surface area contributed by atoms with E-state index in [0.717, 1.165) is 5.56 Å². The Balaban J connectivity index is 0.00000364. The normalized spacial score (nSPS) is 11.6. The fourth-order valence-corrected chi connectivity index (χ4v) is 3.18. The fourth-order valence-electron chi connectivity index (χ4n) is 2.06. The van der Waals surface area contributed by atoms with Crippen molar-refractivity contribution in [2.75, 3.05) is 19.6 Å². The van der Waals surface area contributed by atoms with Crippen LogP contribution in [0, 0.1) is 0 Å². The number of aliphatic imine (C=N–C) groups is 1. The molecule has 0 aliphatic rings. The van der Waals surface area contributed by atoms with Gasteiger partial charge < -0.3 is 10.6 Å². The molecule has 0 fully saturated rings. The van der Waals surface area contributed by atoms with Crippen molar-refractivity contribution < 1.29 is 8.42 Å². The molecule has 148 valence electrons. The Hall–Kier alpha value is -1.43. The number of halogens is 2. The summed E-state index contributed by atoms with van der Waals surface area (Å²) in [5.41, 5.74) is 1.03. The van der Waals surface area contributed by atoms with Gasteiger partial charge in [-0.3, -0.25) is 4.98 Å². The van der Waals surface area contributed by atoms with Crippen LogP contribution in [0.3, 0.4) is 0 Å². The van der Waals surface area contributed by atoms with Gasteiger partial charge in [0.2, 0.25) is 10.0 Å². The molecule has 0 unspecified atom stereocenters. The number of nitrogens with zero attached hydrogens (tertiary/aromatic N) is 2. The van der Waals surface area contributed by atoms with Crippen LogP contribution in [0.2, 0.25) is 5.02 Å². The van der Waals surface area contributed by atoms with Crippen LogP contribution < -0.4 is 15.4 Å². The first-order chi connectivity index (χ1) is 12.5. The third-order valence-corrected chi connectivity index (χ3v) is 5.03. The molecule has 0 aliphatic carbocycles. The summed E-state index contributed by atoms with van der Waals surface area (Å²) in [6.45, 7) is 3.78. The molecule has 0 saturated heterocycles. The van der Waals surface area contributed by atoms with Gasteiger partial charge in [-0.25, -0.2) is 18.1 Å². The number of sulfonamides is 1. The summed E-state index contributed by atoms with van der Waals surface area (Å²) in [6, 6.07) is 10.6. The van der Waals surface area contributed by atoms with Gasteiger partial charge in [-0.15, -0.1) is 24.0 Å². The zero-order valence-electron chi connectivity index (χ0n) is 14.9. The van der Waals surface area contributed by atoms with Gasteiger partial charge in [0.1, 0.15) is 4.90 Å². The summed E-state index contributed by atoms with van der Waals surface area (Å²) >= 11 is 5.87. The summed E-state index contributed by atoms with van der Waals surface area (Å²) in [5.74, 6) is 0.614. The first-order valence-electron chi connectivity index (χ1n) is 8.17. The second-order valence-corrected chi connectivity index (χ2v) is 7.54. The Morgan fingerprint density at radius 1 is 1.15 bits per heavy atom. The molecule has 0 amide bonds. The smallest absolute Gasteiger partial charge is 0.242 e. The minimum atomic E-state index is -3.56. The number of benzene rings is 1. The Labute approximate surface area is 182 Å². The van der Waals surface area contributed by atoms with Gasteiger partial charge in [-0.05, 0) is 36.8 Å². The van der Waals surface area contributed by atoms with Crippen LogP contribution in [-0.2, 0) is 16.6 Å². The van der Waals surface area contributed by atoms with Crippen molar-refractivity contribution in [1.82, 2.24) is 20.3 Å². The zero-order chi connectivity index (χ0) is 18.8. The van der Waals surface area contributed by atoms with Crippen molar-refractivity contribution in [2.24, 2.45) is 4.99 Å². The van der Waals surface area contributed by atoms with Gasteiger partial charge in [-0.2, -0.15) is 0 Å². The fraction of sp³-hybridized carbons (Fsp3) is 0.294. The van der Waals surface area contributed by atoms with Crippen molar-refractivity contribution in [2.45, 2.75) is 18.4 Å². The third-order valence-electron chi connectivity index (χ3n) is 3.33. The Bertz CT molecular complexity index is 817. The summed E-state index contributed by atoms with van der Waals surface area (Å²) < 4.78 is 26.7. The maximum atomic E-state index is 12.1. The molecular weight excluding hydrogens is 501 g/mol. The standard InChI is InChI=1S/C17H22ClN5O2S.HI/c1-2-20-17(22-12-14-5-7-15(18)8-6-14)21-10-11-23-26(24,25)16-4-3-9-19-13-16;/h3-9,13,23H,2,10-12H2,1H3,(H2,20,21,22);1H. The van der Waals surface area contributed by atoms with Crippen LogP contribution in [0.5, 0.6) is 0 Å². The van der Waals surface area contributed by atoms with E-state index in [-0.39, 0.29) is 35.4 Å². The molecule has 3 N–H and O–H groups in total. The van der Waals surface area contributed by atoms with Gasteiger partial charge in [-0.1, -0.05) is 23.7 Å². The second-order valence-electron chi connectivity index (χ2n) is 5.33. The van der Waals surface area contributed by atoms with Gasteiger partial charge in [0, 0.05) is 37.1 Å². The largest absolute Gasteiger partial charge is 0.357 e. The number of guanidine groups is 1. The van der Waals surface area contributed by atoms with Crippen LogP contribution in [0.1, 0.15) is 12.5 Å². The van der Waals surface area contributed by atoms with Gasteiger partial charge in [0.25, 0.3) is 0 Å². The number of hydrogen-bond donors (Lipinski definition) is 3. The highest BCUT2D eigenvalue weighted by molar-refractivity contribution is 14.0. The number of rotatable bonds is 8. The van der Waals surface area contributed by atoms with E-state index >= 15 is 0 Å². The minimum absolute atomic E-state index is 0. The van der Waals surface area contributed by atoms with Crippen molar-refractivity contribution in [1.29, 1.82) is 0 Å². The molecule has 0 spiro atoms. The lowest BCUT2D eigenvalue weighted by molar-refractivity contribution is 0.580. The Morgan fingerprint density at radius 2 is 1.89 bits per heavy atom. The van der Waals surface area contributed by atoms with Crippen LogP contribution in [0.15, 0.2) is 58.7 Å². The van der Waals surface area contributed by atoms with Gasteiger partial charge in [0.05, 0.1) is 6.54 Å². The van der Waals surface area contributed by atoms with Crippen molar-refractivity contribution in [3.8, 4) is 0 Å². The van der Waals surface area contributed by atoms with E-state index in [2.05, 4.69) is 25.3 Å². The molecule has 0 bridgehead atoms. The maximum Gasteiger partial charge on any atom is 0.242 e. The molecule has 10 heteroatoms. The topological polar surface area (TPSA) is 95.5 Å². The van der Waals surface area contributed by atoms with E-state index in [1.807, 2.05) is 31.2 Å².